The molecule has 0 aliphatic heterocycles. The number of allylic oxidation sites excluding steroid dienone is 2. The van der Waals surface area contributed by atoms with Gasteiger partial charge in [0.25, 0.3) is 0 Å². The second-order valence-electron chi connectivity index (χ2n) is 34.4. The van der Waals surface area contributed by atoms with Crippen LogP contribution >= 0.6 is 0 Å². The Balaban J connectivity index is 0.0000000901. The van der Waals surface area contributed by atoms with Gasteiger partial charge in [0.1, 0.15) is 0 Å². The molecule has 3 aliphatic rings. The van der Waals surface area contributed by atoms with Crippen LogP contribution < -0.4 is 0 Å². The fraction of sp³-hybridized carbons (Fsp3) is 0.0615. The van der Waals surface area contributed by atoms with Crippen molar-refractivity contribution < 1.29 is 0 Å². The standard InChI is InChI=1S/5C18H12.C16H10.C14H10.C4H8.C3H6.C3H4/c1-3-7-16-13(5-1)9-11-15-12-10-14-6-2-4-8-17(14)18(15)16;1-3-7-15-13(5-1)9-11-18-16-8-4-2-6-14(16)10-12-17(15)18;1-2-8-14-13(7-1)15-9-3-4-11-17(15)18-12-6-5-10-16(14)18;1-2-7-15-12-18-16(11-14(15)6-1)10-9-13-5-3-4-8-17(13)18;1-2-6-14-10-18-12-16-8-4-3-7-15(16)11-17(18)9-13(14)5-1;1-3-11-7-9-13-5-2-6-14-10-8-12(4-1)15(11)16(13)14;1-3-7-13-11(5-1)9-10-12-6-2-4-8-14(12)13;1-2-4-3-1;2*1-2-3-1/h5*1-12H;1-10H;1-10H;1-4H2;1-3H2;1-2H,3H2. The average Bonchev–Trinajstić information content (AvgIpc) is 1.28. The fourth-order valence-electron chi connectivity index (χ4n) is 18.6. The van der Waals surface area contributed by atoms with Crippen LogP contribution in [-0.4, -0.2) is 0 Å². The molecular weight excluding hydrogens is 1560 g/mol. The summed E-state index contributed by atoms with van der Waals surface area (Å²) in [5, 5.41) is 53.2. The molecule has 0 bridgehead atoms. The number of hydrogen-bond acceptors (Lipinski definition) is 0. The summed E-state index contributed by atoms with van der Waals surface area (Å²) in [5.41, 5.74) is 0. The SMILES string of the molecule is C1=CC1.C1CC1.C1CCC1.c1cc2ccc3cccc4ccc(c1)c2c34.c1ccc2c(c1)c1ccccc1c1ccccc21.c1ccc2c(c1)ccc1c3ccccc3ccc21.c1ccc2c(c1)ccc1ccc3ccccc3c12.c1ccc2c(c1)ccc1ccccc12.c1ccc2cc3c(ccc4ccccc43)cc2c1.c1ccc2cc3cc4ccccc4cc3cc2c1. The summed E-state index contributed by atoms with van der Waals surface area (Å²) in [7, 11) is 0. The van der Waals surface area contributed by atoms with E-state index in [0.29, 0.717) is 0 Å². The quantitative estimate of drug-likeness (QED) is 0.0806. The number of fused-ring (bicyclic) bond motifs is 26. The Kier molecular flexibility index (Phi) is 23.6. The van der Waals surface area contributed by atoms with Crippen molar-refractivity contribution in [3.63, 3.8) is 0 Å². The van der Waals surface area contributed by atoms with Crippen molar-refractivity contribution in [2.24, 2.45) is 0 Å². The lowest BCUT2D eigenvalue weighted by atomic mass is 9.95. The van der Waals surface area contributed by atoms with Gasteiger partial charge in [-0.2, -0.15) is 0 Å². The molecule has 0 N–H and O–H groups in total. The van der Waals surface area contributed by atoms with Crippen molar-refractivity contribution >= 4 is 215 Å². The van der Waals surface area contributed by atoms with Crippen molar-refractivity contribution in [2.75, 3.05) is 0 Å². The van der Waals surface area contributed by atoms with Crippen LogP contribution in [-0.2, 0) is 0 Å². The minimum atomic E-state index is 1.25. The van der Waals surface area contributed by atoms with Crippen LogP contribution in [0.4, 0.5) is 0 Å². The van der Waals surface area contributed by atoms with Gasteiger partial charge in [-0.05, 0) is 258 Å². The summed E-state index contributed by atoms with van der Waals surface area (Å²) >= 11 is 0. The highest BCUT2D eigenvalue weighted by atomic mass is 14.2. The van der Waals surface area contributed by atoms with Gasteiger partial charge in [-0.25, -0.2) is 0 Å². The van der Waals surface area contributed by atoms with E-state index in [1.165, 1.54) is 267 Å². The lowest BCUT2D eigenvalue weighted by Crippen LogP contribution is -1.85. The Hall–Kier alpha value is -15.9. The van der Waals surface area contributed by atoms with E-state index in [2.05, 4.69) is 497 Å². The van der Waals surface area contributed by atoms with Crippen LogP contribution in [0.25, 0.3) is 215 Å². The first-order valence-corrected chi connectivity index (χ1v) is 46.1. The molecule has 3 aliphatic carbocycles. The number of rotatable bonds is 0. The lowest BCUT2D eigenvalue weighted by molar-refractivity contribution is 0.504. The molecule has 27 aromatic carbocycles. The third kappa shape index (κ3) is 17.5. The molecule has 0 heteroatoms. The second-order valence-corrected chi connectivity index (χ2v) is 34.4. The predicted octanol–water partition coefficient (Wildman–Crippen LogP) is 38.0. The zero-order chi connectivity index (χ0) is 86.7. The van der Waals surface area contributed by atoms with Gasteiger partial charge in [-0.1, -0.05) is 506 Å². The van der Waals surface area contributed by atoms with Crippen LogP contribution in [0.3, 0.4) is 0 Å². The Morgan fingerprint density at radius 1 is 0.0923 bits per heavy atom. The van der Waals surface area contributed by atoms with Crippen LogP contribution in [0.5, 0.6) is 0 Å². The van der Waals surface area contributed by atoms with Gasteiger partial charge in [-0.15, -0.1) is 0 Å². The summed E-state index contributed by atoms with van der Waals surface area (Å²) in [5.74, 6) is 0. The van der Waals surface area contributed by atoms with Gasteiger partial charge < -0.3 is 0 Å². The molecule has 0 saturated heterocycles. The zero-order valence-corrected chi connectivity index (χ0v) is 73.0. The molecule has 130 heavy (non-hydrogen) atoms. The molecular formula is C130H98. The Bertz CT molecular complexity index is 7970. The van der Waals surface area contributed by atoms with Gasteiger partial charge in [-0.3, -0.25) is 0 Å². The Morgan fingerprint density at radius 2 is 0.254 bits per heavy atom. The molecule has 0 heterocycles. The molecule has 0 unspecified atom stereocenters. The molecule has 0 spiro atoms. The molecule has 2 saturated carbocycles. The summed E-state index contributed by atoms with van der Waals surface area (Å²) in [4.78, 5) is 0. The van der Waals surface area contributed by atoms with Crippen molar-refractivity contribution in [1.82, 2.24) is 0 Å². The maximum Gasteiger partial charge on any atom is -0.00268 e. The first-order chi connectivity index (χ1) is 64.5. The van der Waals surface area contributed by atoms with Gasteiger partial charge in [0, 0.05) is 0 Å². The number of benzene rings is 27. The first-order valence-electron chi connectivity index (χ1n) is 46.1. The first kappa shape index (κ1) is 81.2. The summed E-state index contributed by atoms with van der Waals surface area (Å²) < 4.78 is 0. The fourth-order valence-corrected chi connectivity index (χ4v) is 18.6. The number of hydrogen-bond donors (Lipinski definition) is 0. The van der Waals surface area contributed by atoms with E-state index in [1.54, 1.807) is 0 Å². The molecule has 0 nitrogen and oxygen atoms in total. The van der Waals surface area contributed by atoms with Crippen molar-refractivity contribution in [3.8, 4) is 0 Å². The van der Waals surface area contributed by atoms with Crippen molar-refractivity contribution in [1.29, 1.82) is 0 Å². The minimum Gasteiger partial charge on any atom is -0.0844 e. The van der Waals surface area contributed by atoms with E-state index < -0.39 is 0 Å². The minimum absolute atomic E-state index is 1.25. The van der Waals surface area contributed by atoms with E-state index in [1.807, 2.05) is 0 Å². The van der Waals surface area contributed by atoms with Gasteiger partial charge >= 0.3 is 0 Å². The monoisotopic (exact) mass is 1660 g/mol. The molecule has 0 atom stereocenters. The van der Waals surface area contributed by atoms with Crippen LogP contribution in [0, 0.1) is 0 Å². The van der Waals surface area contributed by atoms with Crippen molar-refractivity contribution in [2.45, 2.75) is 51.4 Å². The topological polar surface area (TPSA) is 0 Å². The van der Waals surface area contributed by atoms with E-state index in [-0.39, 0.29) is 0 Å². The Morgan fingerprint density at radius 3 is 0.515 bits per heavy atom. The molecule has 30 rings (SSSR count). The maximum atomic E-state index is 2.30. The average molecular weight is 1660 g/mol. The third-order valence-corrected chi connectivity index (χ3v) is 25.8. The molecule has 0 aromatic heterocycles. The predicted molar refractivity (Wildman–Crippen MR) is 572 cm³/mol. The summed E-state index contributed by atoms with van der Waals surface area (Å²) in [6.45, 7) is 0. The second kappa shape index (κ2) is 37.7. The third-order valence-electron chi connectivity index (χ3n) is 25.8. The van der Waals surface area contributed by atoms with E-state index in [9.17, 15) is 0 Å². The highest BCUT2D eigenvalue weighted by Crippen LogP contribution is 2.40. The van der Waals surface area contributed by atoms with Crippen molar-refractivity contribution in [3.05, 3.63) is 497 Å². The highest BCUT2D eigenvalue weighted by Gasteiger charge is 2.12. The van der Waals surface area contributed by atoms with Crippen LogP contribution in [0.1, 0.15) is 51.4 Å². The molecule has 27 aromatic rings. The van der Waals surface area contributed by atoms with Crippen LogP contribution in [0.2, 0.25) is 0 Å². The summed E-state index contributed by atoms with van der Waals surface area (Å²) in [6, 6.07) is 174. The normalized spacial score (nSPS) is 12.2. The van der Waals surface area contributed by atoms with E-state index in [0.717, 1.165) is 0 Å². The molecule has 0 amide bonds. The van der Waals surface area contributed by atoms with E-state index >= 15 is 0 Å². The maximum absolute atomic E-state index is 2.30. The zero-order valence-electron chi connectivity index (χ0n) is 73.0. The van der Waals surface area contributed by atoms with Crippen LogP contribution in [0.15, 0.2) is 497 Å². The molecule has 0 radical (unpaired) electrons. The summed E-state index contributed by atoms with van der Waals surface area (Å²) in [6.07, 6.45) is 16.0. The van der Waals surface area contributed by atoms with Gasteiger partial charge in [0.15, 0.2) is 0 Å². The van der Waals surface area contributed by atoms with E-state index in [4.69, 9.17) is 0 Å². The Labute approximate surface area is 758 Å². The smallest absolute Gasteiger partial charge is 0.00268 e. The highest BCUT2D eigenvalue weighted by molar-refractivity contribution is 6.27. The molecule has 2 fully saturated rings. The van der Waals surface area contributed by atoms with Gasteiger partial charge in [0.2, 0.25) is 0 Å². The molecule has 618 valence electrons. The largest absolute Gasteiger partial charge is 0.0844 e. The lowest BCUT2D eigenvalue weighted by Gasteiger charge is -2.09. The van der Waals surface area contributed by atoms with Gasteiger partial charge in [0.05, 0.1) is 0 Å².